The number of hydrogen-bond acceptors (Lipinski definition) is 4. The van der Waals surface area contributed by atoms with Crippen LogP contribution in [0.25, 0.3) is 0 Å². The predicted octanol–water partition coefficient (Wildman–Crippen LogP) is 2.69. The Morgan fingerprint density at radius 1 is 1.25 bits per heavy atom. The summed E-state index contributed by atoms with van der Waals surface area (Å²) in [5.74, 6) is 0. The minimum Gasteiger partial charge on any atom is -0.396 e. The van der Waals surface area contributed by atoms with Crippen molar-refractivity contribution in [1.82, 2.24) is 4.98 Å². The van der Waals surface area contributed by atoms with Gasteiger partial charge in [0.05, 0.1) is 11.3 Å². The van der Waals surface area contributed by atoms with Crippen LogP contribution in [0.5, 0.6) is 0 Å². The Balaban J connectivity index is 2.27. The summed E-state index contributed by atoms with van der Waals surface area (Å²) >= 11 is 1.49. The quantitative estimate of drug-likeness (QED) is 0.856. The number of nitriles is 1. The molecular formula is C12H9N3S. The van der Waals surface area contributed by atoms with E-state index >= 15 is 0 Å². The highest BCUT2D eigenvalue weighted by Gasteiger charge is 2.04. The third-order valence-electron chi connectivity index (χ3n) is 1.97. The first-order valence-electron chi connectivity index (χ1n) is 4.68. The van der Waals surface area contributed by atoms with Gasteiger partial charge in [0.1, 0.15) is 11.1 Å². The molecule has 2 aromatic rings. The Bertz CT molecular complexity index is 532. The molecule has 0 unspecified atom stereocenters. The van der Waals surface area contributed by atoms with E-state index in [-0.39, 0.29) is 0 Å². The van der Waals surface area contributed by atoms with Crippen molar-refractivity contribution in [3.05, 3.63) is 48.2 Å². The highest BCUT2D eigenvalue weighted by molar-refractivity contribution is 7.99. The molecule has 0 aliphatic rings. The lowest BCUT2D eigenvalue weighted by atomic mass is 10.3. The Hall–Kier alpha value is -1.99. The molecule has 0 saturated carbocycles. The molecule has 0 saturated heterocycles. The molecule has 0 radical (unpaired) electrons. The summed E-state index contributed by atoms with van der Waals surface area (Å²) in [6.07, 6.45) is 1.53. The Labute approximate surface area is 97.9 Å². The lowest BCUT2D eigenvalue weighted by Gasteiger charge is -2.03. The molecule has 2 rings (SSSR count). The highest BCUT2D eigenvalue weighted by Crippen LogP contribution is 2.29. The molecule has 1 heterocycles. The first-order chi connectivity index (χ1) is 7.79. The zero-order chi connectivity index (χ0) is 11.4. The van der Waals surface area contributed by atoms with Gasteiger partial charge in [0.2, 0.25) is 0 Å². The van der Waals surface area contributed by atoms with E-state index in [0.29, 0.717) is 11.3 Å². The van der Waals surface area contributed by atoms with E-state index < -0.39 is 0 Å². The summed E-state index contributed by atoms with van der Waals surface area (Å²) in [6.45, 7) is 0. The van der Waals surface area contributed by atoms with E-state index in [1.807, 2.05) is 36.4 Å². The van der Waals surface area contributed by atoms with Crippen LogP contribution in [0.4, 0.5) is 5.69 Å². The molecule has 0 aliphatic carbocycles. The molecule has 3 nitrogen and oxygen atoms in total. The molecule has 78 valence electrons. The summed E-state index contributed by atoms with van der Waals surface area (Å²) in [7, 11) is 0. The molecule has 0 amide bonds. The van der Waals surface area contributed by atoms with Gasteiger partial charge in [-0.2, -0.15) is 5.26 Å². The fraction of sp³-hybridized carbons (Fsp3) is 0. The summed E-state index contributed by atoms with van der Waals surface area (Å²) < 4.78 is 0. The maximum absolute atomic E-state index is 8.69. The maximum Gasteiger partial charge on any atom is 0.124 e. The minimum atomic E-state index is 0.481. The van der Waals surface area contributed by atoms with Gasteiger partial charge in [-0.05, 0) is 18.2 Å². The van der Waals surface area contributed by atoms with Crippen molar-refractivity contribution in [1.29, 1.82) is 5.26 Å². The summed E-state index contributed by atoms with van der Waals surface area (Å²) in [4.78, 5) is 5.24. The SMILES string of the molecule is N#Cc1cnc(Sc2ccccc2)c(N)c1. The third-order valence-corrected chi connectivity index (χ3v) is 3.01. The molecule has 16 heavy (non-hydrogen) atoms. The number of nitrogens with zero attached hydrogens (tertiary/aromatic N) is 2. The fourth-order valence-corrected chi connectivity index (χ4v) is 2.01. The van der Waals surface area contributed by atoms with Crippen molar-refractivity contribution in [2.75, 3.05) is 5.73 Å². The van der Waals surface area contributed by atoms with Crippen molar-refractivity contribution in [3.63, 3.8) is 0 Å². The molecule has 0 fully saturated rings. The molecule has 0 aliphatic heterocycles. The van der Waals surface area contributed by atoms with Gasteiger partial charge in [-0.25, -0.2) is 4.98 Å². The number of aromatic nitrogens is 1. The topological polar surface area (TPSA) is 62.7 Å². The summed E-state index contributed by atoms with van der Waals surface area (Å²) in [6, 6.07) is 13.5. The monoisotopic (exact) mass is 227 g/mol. The molecule has 0 spiro atoms. The number of anilines is 1. The van der Waals surface area contributed by atoms with E-state index in [9.17, 15) is 0 Å². The minimum absolute atomic E-state index is 0.481. The van der Waals surface area contributed by atoms with Gasteiger partial charge >= 0.3 is 0 Å². The second-order valence-electron chi connectivity index (χ2n) is 3.15. The van der Waals surface area contributed by atoms with Crippen LogP contribution >= 0.6 is 11.8 Å². The second kappa shape index (κ2) is 4.69. The molecule has 1 aromatic carbocycles. The third kappa shape index (κ3) is 2.33. The van der Waals surface area contributed by atoms with Crippen LogP contribution in [-0.4, -0.2) is 4.98 Å². The molecule has 0 atom stereocenters. The lowest BCUT2D eigenvalue weighted by Crippen LogP contribution is -1.92. The van der Waals surface area contributed by atoms with Crippen LogP contribution in [0.2, 0.25) is 0 Å². The van der Waals surface area contributed by atoms with Crippen LogP contribution in [0.1, 0.15) is 5.56 Å². The second-order valence-corrected chi connectivity index (χ2v) is 4.21. The van der Waals surface area contributed by atoms with Crippen LogP contribution in [0, 0.1) is 11.3 Å². The molecule has 0 bridgehead atoms. The fourth-order valence-electron chi connectivity index (χ4n) is 1.22. The normalized spacial score (nSPS) is 9.69. The Morgan fingerprint density at radius 2 is 2.00 bits per heavy atom. The predicted molar refractivity (Wildman–Crippen MR) is 63.9 cm³/mol. The maximum atomic E-state index is 8.69. The van der Waals surface area contributed by atoms with Crippen LogP contribution < -0.4 is 5.73 Å². The van der Waals surface area contributed by atoms with E-state index in [0.717, 1.165) is 9.92 Å². The molecule has 4 heteroatoms. The summed E-state index contributed by atoms with van der Waals surface area (Å²) in [5, 5.41) is 9.42. The van der Waals surface area contributed by atoms with Crippen LogP contribution in [-0.2, 0) is 0 Å². The van der Waals surface area contributed by atoms with Crippen LogP contribution in [0.3, 0.4) is 0 Å². The van der Waals surface area contributed by atoms with Gasteiger partial charge < -0.3 is 5.73 Å². The van der Waals surface area contributed by atoms with Gasteiger partial charge in [0, 0.05) is 11.1 Å². The van der Waals surface area contributed by atoms with Gasteiger partial charge in [-0.1, -0.05) is 30.0 Å². The van der Waals surface area contributed by atoms with E-state index in [1.165, 1.54) is 18.0 Å². The van der Waals surface area contributed by atoms with E-state index in [4.69, 9.17) is 11.0 Å². The first-order valence-corrected chi connectivity index (χ1v) is 5.50. The average Bonchev–Trinajstić information content (AvgIpc) is 2.33. The van der Waals surface area contributed by atoms with Gasteiger partial charge in [-0.3, -0.25) is 0 Å². The lowest BCUT2D eigenvalue weighted by molar-refractivity contribution is 1.13. The van der Waals surface area contributed by atoms with E-state index in [1.54, 1.807) is 6.07 Å². The molecule has 1 aromatic heterocycles. The van der Waals surface area contributed by atoms with Gasteiger partial charge in [0.15, 0.2) is 0 Å². The highest BCUT2D eigenvalue weighted by atomic mass is 32.2. The zero-order valence-corrected chi connectivity index (χ0v) is 9.24. The standard InChI is InChI=1S/C12H9N3S/c13-7-9-6-11(14)12(15-8-9)16-10-4-2-1-3-5-10/h1-6,8H,14H2. The van der Waals surface area contributed by atoms with Gasteiger partial charge in [0.25, 0.3) is 0 Å². The van der Waals surface area contributed by atoms with Crippen molar-refractivity contribution >= 4 is 17.4 Å². The summed E-state index contributed by atoms with van der Waals surface area (Å²) in [5.41, 5.74) is 6.83. The van der Waals surface area contributed by atoms with Crippen LogP contribution in [0.15, 0.2) is 52.5 Å². The number of rotatable bonds is 2. The zero-order valence-electron chi connectivity index (χ0n) is 8.42. The largest absolute Gasteiger partial charge is 0.396 e. The number of hydrogen-bond donors (Lipinski definition) is 1. The Kier molecular flexibility index (Phi) is 3.08. The number of nitrogen functional groups attached to an aromatic ring is 1. The average molecular weight is 227 g/mol. The van der Waals surface area contributed by atoms with Gasteiger partial charge in [-0.15, -0.1) is 0 Å². The van der Waals surface area contributed by atoms with Crippen molar-refractivity contribution in [3.8, 4) is 6.07 Å². The number of benzene rings is 1. The number of pyridine rings is 1. The van der Waals surface area contributed by atoms with Crippen molar-refractivity contribution in [2.24, 2.45) is 0 Å². The first kappa shape index (κ1) is 10.5. The Morgan fingerprint density at radius 3 is 2.62 bits per heavy atom. The molecule has 2 N–H and O–H groups in total. The van der Waals surface area contributed by atoms with E-state index in [2.05, 4.69) is 4.98 Å². The van der Waals surface area contributed by atoms with Crippen molar-refractivity contribution in [2.45, 2.75) is 9.92 Å². The van der Waals surface area contributed by atoms with Crippen molar-refractivity contribution < 1.29 is 0 Å². The number of nitrogens with two attached hydrogens (primary N) is 1. The molecular weight excluding hydrogens is 218 g/mol. The smallest absolute Gasteiger partial charge is 0.124 e.